The van der Waals surface area contributed by atoms with E-state index in [4.69, 9.17) is 5.11 Å². The molecular formula is C12H6Br4O5. The summed E-state index contributed by atoms with van der Waals surface area (Å²) in [6, 6.07) is 0. The van der Waals surface area contributed by atoms with Crippen LogP contribution in [0, 0.1) is 0 Å². The van der Waals surface area contributed by atoms with E-state index < -0.39 is 17.9 Å². The zero-order valence-corrected chi connectivity index (χ0v) is 16.6. The van der Waals surface area contributed by atoms with Gasteiger partial charge in [0.2, 0.25) is 0 Å². The van der Waals surface area contributed by atoms with E-state index in [1.807, 2.05) is 0 Å². The molecule has 1 aliphatic rings. The Labute approximate surface area is 153 Å². The Morgan fingerprint density at radius 2 is 1.33 bits per heavy atom. The van der Waals surface area contributed by atoms with E-state index in [2.05, 4.69) is 68.5 Å². The number of esters is 2. The number of carbonyl (C=O) groups excluding carboxylic acids is 2. The molecule has 0 saturated heterocycles. The van der Waals surface area contributed by atoms with Crippen molar-refractivity contribution in [1.29, 1.82) is 0 Å². The minimum atomic E-state index is -0.891. The molecular weight excluding hydrogens is 544 g/mol. The summed E-state index contributed by atoms with van der Waals surface area (Å²) in [6.07, 6.45) is 2.56. The molecule has 1 N–H and O–H groups in total. The first kappa shape index (κ1) is 18.5. The summed E-state index contributed by atoms with van der Waals surface area (Å²) in [5, 5.41) is 7.83. The fourth-order valence-electron chi connectivity index (χ4n) is 1.34. The van der Waals surface area contributed by atoms with Crippen LogP contribution >= 0.6 is 63.7 Å². The van der Waals surface area contributed by atoms with Crippen molar-refractivity contribution in [2.24, 2.45) is 0 Å². The molecule has 2 rings (SSSR count). The first-order valence-corrected chi connectivity index (χ1v) is 8.37. The van der Waals surface area contributed by atoms with Gasteiger partial charge in [-0.25, -0.2) is 14.4 Å². The summed E-state index contributed by atoms with van der Waals surface area (Å²) in [4.78, 5) is 32.3. The Hall–Kier alpha value is -0.510. The van der Waals surface area contributed by atoms with Gasteiger partial charge in [0, 0.05) is 24.0 Å². The lowest BCUT2D eigenvalue weighted by Crippen LogP contribution is -1.97. The molecule has 0 amide bonds. The number of carbonyl (C=O) groups is 3. The van der Waals surface area contributed by atoms with Crippen molar-refractivity contribution in [3.05, 3.63) is 41.2 Å². The van der Waals surface area contributed by atoms with E-state index in [0.29, 0.717) is 17.9 Å². The molecule has 0 aromatic heterocycles. The van der Waals surface area contributed by atoms with Crippen LogP contribution in [0.15, 0.2) is 30.0 Å². The number of carboxylic acids is 1. The average molecular weight is 550 g/mol. The molecule has 1 aromatic rings. The van der Waals surface area contributed by atoms with Crippen LogP contribution in [0.25, 0.3) is 0 Å². The Balaban J connectivity index is 0.000000315. The molecule has 0 atom stereocenters. The van der Waals surface area contributed by atoms with Crippen LogP contribution in [-0.2, 0) is 9.53 Å². The van der Waals surface area contributed by atoms with Crippen LogP contribution in [0.2, 0.25) is 0 Å². The van der Waals surface area contributed by atoms with Gasteiger partial charge in [0.15, 0.2) is 0 Å². The monoisotopic (exact) mass is 546 g/mol. The molecule has 0 fully saturated rings. The van der Waals surface area contributed by atoms with Crippen molar-refractivity contribution in [3.63, 3.8) is 0 Å². The Kier molecular flexibility index (Phi) is 6.76. The lowest BCUT2D eigenvalue weighted by Gasteiger charge is -2.06. The zero-order valence-electron chi connectivity index (χ0n) is 10.2. The predicted octanol–water partition coefficient (Wildman–Crippen LogP) is 4.69. The first-order chi connectivity index (χ1) is 9.72. The van der Waals surface area contributed by atoms with Crippen molar-refractivity contribution in [3.8, 4) is 0 Å². The van der Waals surface area contributed by atoms with Gasteiger partial charge in [-0.15, -0.1) is 0 Å². The van der Waals surface area contributed by atoms with Crippen LogP contribution in [-0.4, -0.2) is 23.0 Å². The van der Waals surface area contributed by atoms with Crippen LogP contribution in [0.3, 0.4) is 0 Å². The Morgan fingerprint density at radius 1 is 0.952 bits per heavy atom. The van der Waals surface area contributed by atoms with E-state index in [-0.39, 0.29) is 11.1 Å². The first-order valence-electron chi connectivity index (χ1n) is 5.20. The second-order valence-corrected chi connectivity index (χ2v) is 6.69. The minimum Gasteiger partial charge on any atom is -0.478 e. The number of carboxylic acid groups (broad SMARTS) is 1. The fourth-order valence-corrected chi connectivity index (χ4v) is 3.79. The number of ether oxygens (including phenoxy) is 1. The summed E-state index contributed by atoms with van der Waals surface area (Å²) in [5.74, 6) is -2.18. The highest BCUT2D eigenvalue weighted by atomic mass is 79.9. The lowest BCUT2D eigenvalue weighted by atomic mass is 10.1. The summed E-state index contributed by atoms with van der Waals surface area (Å²) in [7, 11) is 0. The van der Waals surface area contributed by atoms with E-state index >= 15 is 0 Å². The highest BCUT2D eigenvalue weighted by Gasteiger charge is 2.36. The quantitative estimate of drug-likeness (QED) is 0.181. The average Bonchev–Trinajstić information content (AvgIpc) is 2.69. The van der Waals surface area contributed by atoms with E-state index in [1.165, 1.54) is 6.08 Å². The van der Waals surface area contributed by atoms with Gasteiger partial charge in [0.1, 0.15) is 0 Å². The highest BCUT2D eigenvalue weighted by molar-refractivity contribution is 9.15. The van der Waals surface area contributed by atoms with Crippen molar-refractivity contribution >= 4 is 81.6 Å². The Morgan fingerprint density at radius 3 is 1.57 bits per heavy atom. The number of allylic oxidation sites excluding steroid dienone is 1. The van der Waals surface area contributed by atoms with Gasteiger partial charge in [-0.05, 0) is 70.6 Å². The van der Waals surface area contributed by atoms with Gasteiger partial charge in [-0.3, -0.25) is 0 Å². The van der Waals surface area contributed by atoms with Crippen LogP contribution in [0.4, 0.5) is 0 Å². The molecule has 0 unspecified atom stereocenters. The van der Waals surface area contributed by atoms with E-state index in [0.717, 1.165) is 6.08 Å². The van der Waals surface area contributed by atoms with Crippen LogP contribution in [0.5, 0.6) is 0 Å². The highest BCUT2D eigenvalue weighted by Crippen LogP contribution is 2.44. The largest absolute Gasteiger partial charge is 0.478 e. The SMILES string of the molecule is C/C=C/C(=O)O.O=C1OC(=O)c2c(Br)c(Br)c(Br)c(Br)c21. The van der Waals surface area contributed by atoms with E-state index in [1.54, 1.807) is 6.92 Å². The molecule has 112 valence electrons. The predicted molar refractivity (Wildman–Crippen MR) is 89.4 cm³/mol. The number of fused-ring (bicyclic) bond motifs is 1. The number of cyclic esters (lactones) is 2. The van der Waals surface area contributed by atoms with Crippen LogP contribution < -0.4 is 0 Å². The third-order valence-electron chi connectivity index (χ3n) is 2.17. The number of hydrogen-bond acceptors (Lipinski definition) is 4. The topological polar surface area (TPSA) is 80.7 Å². The molecule has 0 aliphatic carbocycles. The van der Waals surface area contributed by atoms with Gasteiger partial charge in [0.05, 0.1) is 11.1 Å². The van der Waals surface area contributed by atoms with Crippen molar-refractivity contribution in [2.45, 2.75) is 6.92 Å². The van der Waals surface area contributed by atoms with Gasteiger partial charge in [-0.2, -0.15) is 0 Å². The number of halogens is 4. The molecule has 0 spiro atoms. The maximum Gasteiger partial charge on any atom is 0.348 e. The smallest absolute Gasteiger partial charge is 0.348 e. The normalized spacial score (nSPS) is 12.8. The molecule has 9 heteroatoms. The second kappa shape index (κ2) is 7.66. The molecule has 1 heterocycles. The van der Waals surface area contributed by atoms with Gasteiger partial charge >= 0.3 is 17.9 Å². The van der Waals surface area contributed by atoms with Gasteiger partial charge in [0.25, 0.3) is 0 Å². The van der Waals surface area contributed by atoms with Gasteiger partial charge < -0.3 is 9.84 Å². The van der Waals surface area contributed by atoms with Crippen molar-refractivity contribution in [2.75, 3.05) is 0 Å². The number of aliphatic carboxylic acids is 1. The molecule has 0 saturated carbocycles. The summed E-state index contributed by atoms with van der Waals surface area (Å²) < 4.78 is 6.84. The molecule has 21 heavy (non-hydrogen) atoms. The Bertz CT molecular complexity index is 621. The van der Waals surface area contributed by atoms with Crippen LogP contribution in [0.1, 0.15) is 27.6 Å². The number of rotatable bonds is 1. The third kappa shape index (κ3) is 4.02. The summed E-state index contributed by atoms with van der Waals surface area (Å²) in [5.41, 5.74) is 0.476. The molecule has 5 nitrogen and oxygen atoms in total. The summed E-state index contributed by atoms with van der Waals surface area (Å²) >= 11 is 13.0. The second-order valence-electron chi connectivity index (χ2n) is 3.52. The van der Waals surface area contributed by atoms with E-state index in [9.17, 15) is 14.4 Å². The third-order valence-corrected chi connectivity index (χ3v) is 6.94. The molecule has 1 aromatic carbocycles. The molecule has 0 bridgehead atoms. The lowest BCUT2D eigenvalue weighted by molar-refractivity contribution is -0.131. The van der Waals surface area contributed by atoms with Crippen molar-refractivity contribution < 1.29 is 24.2 Å². The standard InChI is InChI=1S/C8Br4O3.C4H6O2/c9-3-1-2(8(14)15-7(1)13)4(10)6(12)5(3)11;1-2-3-4(5)6/h;2-3H,1H3,(H,5,6)/b;3-2+. The molecule has 0 radical (unpaired) electrons. The number of hydrogen-bond donors (Lipinski definition) is 1. The van der Waals surface area contributed by atoms with Gasteiger partial charge in [-0.1, -0.05) is 6.08 Å². The molecule has 1 aliphatic heterocycles. The number of benzene rings is 1. The maximum atomic E-state index is 11.4. The van der Waals surface area contributed by atoms with Crippen molar-refractivity contribution in [1.82, 2.24) is 0 Å². The fraction of sp³-hybridized carbons (Fsp3) is 0.0833. The zero-order chi connectivity index (χ0) is 16.3. The summed E-state index contributed by atoms with van der Waals surface area (Å²) in [6.45, 7) is 1.66. The maximum absolute atomic E-state index is 11.4. The minimum absolute atomic E-state index is 0.238.